The highest BCUT2D eigenvalue weighted by atomic mass is 28.3. The van der Waals surface area contributed by atoms with Crippen LogP contribution in [0.2, 0.25) is 18.1 Å². The van der Waals surface area contributed by atoms with Crippen LogP contribution in [0.4, 0.5) is 0 Å². The van der Waals surface area contributed by atoms with Crippen molar-refractivity contribution in [3.63, 3.8) is 0 Å². The molecule has 0 bridgehead atoms. The highest BCUT2D eigenvalue weighted by Gasteiger charge is 2.62. The van der Waals surface area contributed by atoms with Crippen molar-refractivity contribution in [2.45, 2.75) is 56.7 Å². The Hall–Kier alpha value is -2.38. The van der Waals surface area contributed by atoms with Gasteiger partial charge in [0, 0.05) is 24.1 Å². The van der Waals surface area contributed by atoms with E-state index in [0.29, 0.717) is 16.9 Å². The molecule has 1 aliphatic rings. The summed E-state index contributed by atoms with van der Waals surface area (Å²) in [6, 6.07) is 7.11. The molecule has 6 nitrogen and oxygen atoms in total. The van der Waals surface area contributed by atoms with Crippen LogP contribution in [0.25, 0.3) is 0 Å². The van der Waals surface area contributed by atoms with Crippen molar-refractivity contribution in [1.82, 2.24) is 0 Å². The Kier molecular flexibility index (Phi) is 4.59. The van der Waals surface area contributed by atoms with Crippen LogP contribution >= 0.6 is 0 Å². The van der Waals surface area contributed by atoms with Crippen LogP contribution in [0.3, 0.4) is 0 Å². The lowest BCUT2D eigenvalue weighted by atomic mass is 9.93. The molecular weight excluding hydrogens is 376 g/mol. The zero-order chi connectivity index (χ0) is 21.1. The van der Waals surface area contributed by atoms with E-state index in [1.165, 1.54) is 24.3 Å². The molecule has 5 N–H and O–H groups in total. The monoisotopic (exact) mass is 404 g/mol. The van der Waals surface area contributed by atoms with Gasteiger partial charge in [-0.3, -0.25) is 0 Å². The van der Waals surface area contributed by atoms with Crippen LogP contribution in [-0.2, 0) is 11.6 Å². The third-order valence-electron chi connectivity index (χ3n) is 6.52. The summed E-state index contributed by atoms with van der Waals surface area (Å²) in [4.78, 5) is 0. The van der Waals surface area contributed by atoms with Gasteiger partial charge in [-0.05, 0) is 22.7 Å². The third kappa shape index (κ3) is 2.81. The number of aliphatic hydroxyl groups is 1. The molecule has 152 valence electrons. The Morgan fingerprint density at radius 3 is 2.18 bits per heavy atom. The van der Waals surface area contributed by atoms with E-state index < -0.39 is 19.4 Å². The smallest absolute Gasteiger partial charge is 0.157 e. The molecule has 2 aromatic rings. The molecule has 0 fully saturated rings. The average Bonchev–Trinajstić information content (AvgIpc) is 2.56. The first-order valence-corrected chi connectivity index (χ1v) is 12.3. The van der Waals surface area contributed by atoms with Crippen molar-refractivity contribution in [2.75, 3.05) is 0 Å². The van der Waals surface area contributed by atoms with Crippen molar-refractivity contribution in [2.24, 2.45) is 0 Å². The summed E-state index contributed by atoms with van der Waals surface area (Å²) in [6.07, 6.45) is -0.865. The third-order valence-corrected chi connectivity index (χ3v) is 12.8. The summed E-state index contributed by atoms with van der Waals surface area (Å²) >= 11 is 0. The minimum Gasteiger partial charge on any atom is -0.508 e. The number of aromatic hydroxyl groups is 4. The van der Waals surface area contributed by atoms with E-state index in [1.807, 2.05) is 0 Å². The number of hydrogen-bond donors (Lipinski definition) is 5. The van der Waals surface area contributed by atoms with E-state index in [0.717, 1.165) is 0 Å². The molecule has 0 spiro atoms. The second kappa shape index (κ2) is 6.32. The summed E-state index contributed by atoms with van der Waals surface area (Å²) in [7, 11) is -2.53. The summed E-state index contributed by atoms with van der Waals surface area (Å²) in [5.74, 6) is -0.511. The Bertz CT molecular complexity index is 918. The largest absolute Gasteiger partial charge is 0.508 e. The van der Waals surface area contributed by atoms with E-state index in [4.69, 9.17) is 4.74 Å². The van der Waals surface area contributed by atoms with Crippen molar-refractivity contribution in [3.05, 3.63) is 41.5 Å². The molecule has 2 aromatic carbocycles. The summed E-state index contributed by atoms with van der Waals surface area (Å²) in [5.41, 5.74) is 0.984. The highest BCUT2D eigenvalue weighted by molar-refractivity contribution is 6.82. The Labute approximate surface area is 165 Å². The van der Waals surface area contributed by atoms with Gasteiger partial charge in [-0.2, -0.15) is 0 Å². The SMILES string of the molecule is CC(C)(C)[Si](C)(C)C1(c2ccc(O)c(O)c2)Oc2cc(O)cc(O)c2CC1O. The molecule has 0 saturated heterocycles. The normalized spacial score (nSPS) is 22.4. The fourth-order valence-corrected chi connectivity index (χ4v) is 7.25. The highest BCUT2D eigenvalue weighted by Crippen LogP contribution is 2.55. The number of ether oxygens (including phenoxy) is 1. The van der Waals surface area contributed by atoms with Crippen molar-refractivity contribution in [1.29, 1.82) is 0 Å². The number of benzene rings is 2. The number of phenols is 4. The second-order valence-electron chi connectivity index (χ2n) is 9.08. The Balaban J connectivity index is 2.32. The van der Waals surface area contributed by atoms with E-state index in [2.05, 4.69) is 33.9 Å². The number of rotatable bonds is 2. The molecule has 3 rings (SSSR count). The standard InChI is InChI=1S/C21H28O6Si/c1-20(2,3)28(4,5)21(12-6-7-15(23)17(25)8-12)19(26)11-14-16(24)9-13(22)10-18(14)27-21/h6-10,19,22-26H,11H2,1-5H3. The van der Waals surface area contributed by atoms with E-state index in [-0.39, 0.29) is 34.5 Å². The predicted molar refractivity (Wildman–Crippen MR) is 109 cm³/mol. The maximum absolute atomic E-state index is 11.4. The van der Waals surface area contributed by atoms with E-state index >= 15 is 0 Å². The molecule has 0 radical (unpaired) electrons. The van der Waals surface area contributed by atoms with Crippen molar-refractivity contribution in [3.8, 4) is 28.7 Å². The molecule has 1 aliphatic heterocycles. The molecular formula is C21H28O6Si. The zero-order valence-electron chi connectivity index (χ0n) is 16.8. The van der Waals surface area contributed by atoms with Crippen molar-refractivity contribution >= 4 is 8.07 Å². The average molecular weight is 405 g/mol. The van der Waals surface area contributed by atoms with Crippen LogP contribution in [0, 0.1) is 0 Å². The molecule has 28 heavy (non-hydrogen) atoms. The number of phenolic OH excluding ortho intramolecular Hbond substituents is 4. The van der Waals surface area contributed by atoms with Gasteiger partial charge in [-0.15, -0.1) is 0 Å². The minimum atomic E-state index is -2.53. The number of aliphatic hydroxyl groups excluding tert-OH is 1. The molecule has 0 saturated carbocycles. The van der Waals surface area contributed by atoms with Gasteiger partial charge in [-0.1, -0.05) is 39.9 Å². The molecule has 0 aromatic heterocycles. The predicted octanol–water partition coefficient (Wildman–Crippen LogP) is 3.75. The first kappa shape index (κ1) is 20.4. The Morgan fingerprint density at radius 2 is 1.61 bits per heavy atom. The molecule has 0 aliphatic carbocycles. The summed E-state index contributed by atoms with van der Waals surface area (Å²) in [5, 5.41) is 50.1. The number of hydrogen-bond acceptors (Lipinski definition) is 6. The van der Waals surface area contributed by atoms with Crippen LogP contribution in [0.1, 0.15) is 31.9 Å². The van der Waals surface area contributed by atoms with Gasteiger partial charge in [0.25, 0.3) is 0 Å². The van der Waals surface area contributed by atoms with Gasteiger partial charge >= 0.3 is 0 Å². The first-order chi connectivity index (χ1) is 12.8. The minimum absolute atomic E-state index is 0.133. The fourth-order valence-electron chi connectivity index (χ4n) is 3.96. The fraction of sp³-hybridized carbons (Fsp3) is 0.429. The van der Waals surface area contributed by atoms with E-state index in [9.17, 15) is 25.5 Å². The van der Waals surface area contributed by atoms with Crippen LogP contribution in [-0.4, -0.2) is 39.7 Å². The topological polar surface area (TPSA) is 110 Å². The van der Waals surface area contributed by atoms with Crippen LogP contribution in [0.5, 0.6) is 28.7 Å². The Morgan fingerprint density at radius 1 is 0.964 bits per heavy atom. The van der Waals surface area contributed by atoms with Crippen LogP contribution in [0.15, 0.2) is 30.3 Å². The second-order valence-corrected chi connectivity index (χ2v) is 14.6. The lowest BCUT2D eigenvalue weighted by Gasteiger charge is -2.56. The quantitative estimate of drug-likeness (QED) is 0.385. The lowest BCUT2D eigenvalue weighted by molar-refractivity contribution is -0.0242. The van der Waals surface area contributed by atoms with Gasteiger partial charge in [-0.25, -0.2) is 0 Å². The van der Waals surface area contributed by atoms with Gasteiger partial charge in [0.2, 0.25) is 0 Å². The van der Waals surface area contributed by atoms with E-state index in [1.54, 1.807) is 6.07 Å². The summed E-state index contributed by atoms with van der Waals surface area (Å²) in [6.45, 7) is 10.5. The van der Waals surface area contributed by atoms with Gasteiger partial charge in [0.05, 0.1) is 6.10 Å². The number of fused-ring (bicyclic) bond motifs is 1. The summed E-state index contributed by atoms with van der Waals surface area (Å²) < 4.78 is 6.46. The van der Waals surface area contributed by atoms with Crippen LogP contribution < -0.4 is 4.74 Å². The molecule has 2 unspecified atom stereocenters. The molecule has 1 heterocycles. The van der Waals surface area contributed by atoms with Gasteiger partial charge < -0.3 is 30.3 Å². The first-order valence-electron chi connectivity index (χ1n) is 9.25. The van der Waals surface area contributed by atoms with Crippen molar-refractivity contribution < 1.29 is 30.3 Å². The maximum Gasteiger partial charge on any atom is 0.157 e. The maximum atomic E-state index is 11.4. The zero-order valence-corrected chi connectivity index (χ0v) is 17.8. The molecule has 2 atom stereocenters. The van der Waals surface area contributed by atoms with Gasteiger partial charge in [0.15, 0.2) is 11.5 Å². The lowest BCUT2D eigenvalue weighted by Crippen LogP contribution is -2.67. The van der Waals surface area contributed by atoms with Gasteiger partial charge in [0.1, 0.15) is 30.5 Å². The molecule has 7 heteroatoms. The molecule has 0 amide bonds.